The fraction of sp³-hybridized carbons (Fsp3) is 0.727. The number of rotatable bonds is 6. The van der Waals surface area contributed by atoms with Crippen LogP contribution in [0.25, 0.3) is 0 Å². The molecule has 0 fully saturated rings. The van der Waals surface area contributed by atoms with Crippen molar-refractivity contribution in [3.63, 3.8) is 0 Å². The van der Waals surface area contributed by atoms with Crippen molar-refractivity contribution >= 4 is 16.5 Å². The van der Waals surface area contributed by atoms with Gasteiger partial charge in [-0.05, 0) is 20.3 Å². The number of aromatic nitrogens is 1. The van der Waals surface area contributed by atoms with E-state index >= 15 is 0 Å². The zero-order valence-electron chi connectivity index (χ0n) is 9.39. The Bertz CT molecular complexity index is 249. The topological polar surface area (TPSA) is 24.9 Å². The lowest BCUT2D eigenvalue weighted by Crippen LogP contribution is -2.00. The van der Waals surface area contributed by atoms with Crippen molar-refractivity contribution in [1.29, 1.82) is 0 Å². The third-order valence-corrected chi connectivity index (χ3v) is 3.37. The standard InChI is InChI=1S/C11H20N2S/c1-4-5-6-7-8-12-11-13-9(2)10(3)14-11/h4-8H2,1-3H3,(H,12,13). The molecule has 0 aliphatic rings. The van der Waals surface area contributed by atoms with Crippen LogP contribution in [0.5, 0.6) is 0 Å². The normalized spacial score (nSPS) is 10.5. The predicted molar refractivity (Wildman–Crippen MR) is 64.2 cm³/mol. The SMILES string of the molecule is CCCCCCNc1nc(C)c(C)s1. The second-order valence-corrected chi connectivity index (χ2v) is 4.85. The molecule has 0 radical (unpaired) electrons. The number of nitrogens with one attached hydrogen (secondary N) is 1. The molecule has 0 bridgehead atoms. The van der Waals surface area contributed by atoms with Crippen molar-refractivity contribution in [1.82, 2.24) is 4.98 Å². The Hall–Kier alpha value is -0.570. The quantitative estimate of drug-likeness (QED) is 0.726. The second kappa shape index (κ2) is 6.02. The largest absolute Gasteiger partial charge is 0.362 e. The number of nitrogens with zero attached hydrogens (tertiary/aromatic N) is 1. The van der Waals surface area contributed by atoms with Gasteiger partial charge in [-0.25, -0.2) is 4.98 Å². The van der Waals surface area contributed by atoms with Gasteiger partial charge in [-0.15, -0.1) is 11.3 Å². The van der Waals surface area contributed by atoms with E-state index in [0.717, 1.165) is 17.4 Å². The van der Waals surface area contributed by atoms with Gasteiger partial charge in [-0.2, -0.15) is 0 Å². The van der Waals surface area contributed by atoms with Crippen LogP contribution in [0.2, 0.25) is 0 Å². The molecule has 0 unspecified atom stereocenters. The monoisotopic (exact) mass is 212 g/mol. The first-order valence-corrected chi connectivity index (χ1v) is 6.23. The molecule has 3 heteroatoms. The van der Waals surface area contributed by atoms with E-state index < -0.39 is 0 Å². The number of hydrogen-bond acceptors (Lipinski definition) is 3. The lowest BCUT2D eigenvalue weighted by atomic mass is 10.2. The molecule has 1 aromatic heterocycles. The number of thiazole rings is 1. The molecule has 1 rings (SSSR count). The van der Waals surface area contributed by atoms with Crippen LogP contribution < -0.4 is 5.32 Å². The fourth-order valence-electron chi connectivity index (χ4n) is 1.30. The van der Waals surface area contributed by atoms with Gasteiger partial charge in [0.15, 0.2) is 5.13 Å². The van der Waals surface area contributed by atoms with Gasteiger partial charge < -0.3 is 5.32 Å². The average Bonchev–Trinajstić information content (AvgIpc) is 2.46. The van der Waals surface area contributed by atoms with Crippen molar-refractivity contribution in [3.8, 4) is 0 Å². The van der Waals surface area contributed by atoms with E-state index in [9.17, 15) is 0 Å². The van der Waals surface area contributed by atoms with E-state index in [0.29, 0.717) is 0 Å². The van der Waals surface area contributed by atoms with Crippen LogP contribution in [-0.2, 0) is 0 Å². The highest BCUT2D eigenvalue weighted by Gasteiger charge is 2.01. The maximum atomic E-state index is 4.44. The Morgan fingerprint density at radius 3 is 2.57 bits per heavy atom. The summed E-state index contributed by atoms with van der Waals surface area (Å²) < 4.78 is 0. The van der Waals surface area contributed by atoms with E-state index in [1.165, 1.54) is 30.6 Å². The van der Waals surface area contributed by atoms with Crippen molar-refractivity contribution < 1.29 is 0 Å². The number of aryl methyl sites for hydroxylation is 2. The number of unbranched alkanes of at least 4 members (excludes halogenated alkanes) is 3. The highest BCUT2D eigenvalue weighted by atomic mass is 32.1. The van der Waals surface area contributed by atoms with Crippen LogP contribution in [0.3, 0.4) is 0 Å². The van der Waals surface area contributed by atoms with E-state index in [2.05, 4.69) is 31.1 Å². The first-order valence-electron chi connectivity index (χ1n) is 5.42. The molecule has 1 heterocycles. The molecule has 2 nitrogen and oxygen atoms in total. The van der Waals surface area contributed by atoms with Gasteiger partial charge in [-0.1, -0.05) is 26.2 Å². The van der Waals surface area contributed by atoms with Gasteiger partial charge in [0.1, 0.15) is 0 Å². The zero-order chi connectivity index (χ0) is 10.4. The highest BCUT2D eigenvalue weighted by molar-refractivity contribution is 7.15. The number of hydrogen-bond donors (Lipinski definition) is 1. The minimum absolute atomic E-state index is 1.06. The van der Waals surface area contributed by atoms with Crippen molar-refractivity contribution in [2.75, 3.05) is 11.9 Å². The summed E-state index contributed by atoms with van der Waals surface area (Å²) in [6, 6.07) is 0. The Balaban J connectivity index is 2.18. The Kier molecular flexibility index (Phi) is 4.94. The molecule has 0 amide bonds. The van der Waals surface area contributed by atoms with Crippen LogP contribution in [0.15, 0.2) is 0 Å². The van der Waals surface area contributed by atoms with Crippen molar-refractivity contribution in [3.05, 3.63) is 10.6 Å². The maximum Gasteiger partial charge on any atom is 0.183 e. The van der Waals surface area contributed by atoms with Gasteiger partial charge in [-0.3, -0.25) is 0 Å². The smallest absolute Gasteiger partial charge is 0.183 e. The van der Waals surface area contributed by atoms with Crippen LogP contribution in [0, 0.1) is 13.8 Å². The molecule has 0 spiro atoms. The highest BCUT2D eigenvalue weighted by Crippen LogP contribution is 2.20. The second-order valence-electron chi connectivity index (χ2n) is 3.65. The van der Waals surface area contributed by atoms with Gasteiger partial charge in [0.25, 0.3) is 0 Å². The first-order chi connectivity index (χ1) is 6.74. The summed E-state index contributed by atoms with van der Waals surface area (Å²) in [5, 5.41) is 4.45. The van der Waals surface area contributed by atoms with Crippen molar-refractivity contribution in [2.24, 2.45) is 0 Å². The molecule has 0 aliphatic heterocycles. The molecular weight excluding hydrogens is 192 g/mol. The molecule has 80 valence electrons. The predicted octanol–water partition coefficient (Wildman–Crippen LogP) is 3.75. The first kappa shape index (κ1) is 11.5. The Morgan fingerprint density at radius 2 is 2.00 bits per heavy atom. The van der Waals surface area contributed by atoms with Crippen LogP contribution in [-0.4, -0.2) is 11.5 Å². The van der Waals surface area contributed by atoms with Crippen LogP contribution in [0.4, 0.5) is 5.13 Å². The summed E-state index contributed by atoms with van der Waals surface area (Å²) in [5.74, 6) is 0. The van der Waals surface area contributed by atoms with Crippen molar-refractivity contribution in [2.45, 2.75) is 46.5 Å². The molecule has 0 saturated heterocycles. The molecule has 0 aromatic carbocycles. The molecule has 1 aromatic rings. The van der Waals surface area contributed by atoms with E-state index in [4.69, 9.17) is 0 Å². The molecule has 0 atom stereocenters. The summed E-state index contributed by atoms with van der Waals surface area (Å²) in [6.45, 7) is 7.48. The molecule has 1 N–H and O–H groups in total. The summed E-state index contributed by atoms with van der Waals surface area (Å²) in [5.41, 5.74) is 1.16. The van der Waals surface area contributed by atoms with Crippen LogP contribution in [0.1, 0.15) is 43.2 Å². The van der Waals surface area contributed by atoms with Gasteiger partial charge in [0.2, 0.25) is 0 Å². The summed E-state index contributed by atoms with van der Waals surface area (Å²) in [6.07, 6.45) is 5.23. The third-order valence-electron chi connectivity index (χ3n) is 2.34. The zero-order valence-corrected chi connectivity index (χ0v) is 10.2. The maximum absolute atomic E-state index is 4.44. The lowest BCUT2D eigenvalue weighted by molar-refractivity contribution is 0.685. The Labute approximate surface area is 90.8 Å². The van der Waals surface area contributed by atoms with Gasteiger partial charge in [0, 0.05) is 11.4 Å². The molecule has 14 heavy (non-hydrogen) atoms. The average molecular weight is 212 g/mol. The van der Waals surface area contributed by atoms with E-state index in [-0.39, 0.29) is 0 Å². The Morgan fingerprint density at radius 1 is 1.21 bits per heavy atom. The van der Waals surface area contributed by atoms with Crippen LogP contribution >= 0.6 is 11.3 Å². The van der Waals surface area contributed by atoms with Gasteiger partial charge in [0.05, 0.1) is 5.69 Å². The van der Waals surface area contributed by atoms with E-state index in [1.54, 1.807) is 11.3 Å². The van der Waals surface area contributed by atoms with Gasteiger partial charge >= 0.3 is 0 Å². The lowest BCUT2D eigenvalue weighted by Gasteiger charge is -2.00. The molecule has 0 aliphatic carbocycles. The minimum Gasteiger partial charge on any atom is -0.362 e. The number of anilines is 1. The summed E-state index contributed by atoms with van der Waals surface area (Å²) in [4.78, 5) is 5.76. The van der Waals surface area contributed by atoms with E-state index in [1.807, 2.05) is 0 Å². The minimum atomic E-state index is 1.06. The fourth-order valence-corrected chi connectivity index (χ4v) is 2.14. The molecular formula is C11H20N2S. The summed E-state index contributed by atoms with van der Waals surface area (Å²) in [7, 11) is 0. The molecule has 0 saturated carbocycles. The summed E-state index contributed by atoms with van der Waals surface area (Å²) >= 11 is 1.76. The third kappa shape index (κ3) is 3.66.